The molecule has 1 aliphatic carbocycles. The van der Waals surface area contributed by atoms with Crippen LogP contribution < -0.4 is 5.32 Å². The van der Waals surface area contributed by atoms with E-state index >= 15 is 0 Å². The standard InChI is InChI=1S/C15H29N3/c1-12-5-3-6-13(2)18(12)17-10-4-7-15(11-17)16-14-8-9-14/h12-16H,3-11H2,1-2H3. The molecule has 3 unspecified atom stereocenters. The van der Waals surface area contributed by atoms with E-state index in [-0.39, 0.29) is 0 Å². The SMILES string of the molecule is CC1CCCC(C)N1N1CCCC(NC2CC2)C1. The van der Waals surface area contributed by atoms with Crippen molar-refractivity contribution in [3.8, 4) is 0 Å². The minimum Gasteiger partial charge on any atom is -0.310 e. The van der Waals surface area contributed by atoms with Gasteiger partial charge in [-0.1, -0.05) is 6.42 Å². The van der Waals surface area contributed by atoms with Gasteiger partial charge in [0, 0.05) is 37.3 Å². The summed E-state index contributed by atoms with van der Waals surface area (Å²) in [6, 6.07) is 3.08. The molecule has 3 rings (SSSR count). The molecule has 2 saturated heterocycles. The van der Waals surface area contributed by atoms with Crippen molar-refractivity contribution in [2.24, 2.45) is 0 Å². The smallest absolute Gasteiger partial charge is 0.0287 e. The third-order valence-corrected chi connectivity index (χ3v) is 4.92. The van der Waals surface area contributed by atoms with Crippen LogP contribution in [0.4, 0.5) is 0 Å². The molecule has 0 aromatic carbocycles. The molecular formula is C15H29N3. The molecule has 0 bridgehead atoms. The van der Waals surface area contributed by atoms with Crippen LogP contribution in [0, 0.1) is 0 Å². The Morgan fingerprint density at radius 3 is 2.22 bits per heavy atom. The van der Waals surface area contributed by atoms with Crippen molar-refractivity contribution in [3.05, 3.63) is 0 Å². The summed E-state index contributed by atoms with van der Waals surface area (Å²) in [7, 11) is 0. The number of rotatable bonds is 3. The molecule has 3 fully saturated rings. The van der Waals surface area contributed by atoms with E-state index in [4.69, 9.17) is 0 Å². The van der Waals surface area contributed by atoms with Crippen LogP contribution in [0.2, 0.25) is 0 Å². The van der Waals surface area contributed by atoms with Gasteiger partial charge in [0.25, 0.3) is 0 Å². The van der Waals surface area contributed by atoms with Gasteiger partial charge >= 0.3 is 0 Å². The van der Waals surface area contributed by atoms with Gasteiger partial charge < -0.3 is 5.32 Å². The molecular weight excluding hydrogens is 222 g/mol. The number of nitrogens with zero attached hydrogens (tertiary/aromatic N) is 2. The molecule has 2 heterocycles. The summed E-state index contributed by atoms with van der Waals surface area (Å²) >= 11 is 0. The van der Waals surface area contributed by atoms with Gasteiger partial charge in [-0.3, -0.25) is 0 Å². The quantitative estimate of drug-likeness (QED) is 0.831. The Balaban J connectivity index is 1.59. The average Bonchev–Trinajstić information content (AvgIpc) is 3.13. The van der Waals surface area contributed by atoms with Gasteiger partial charge in [0.05, 0.1) is 0 Å². The monoisotopic (exact) mass is 251 g/mol. The Morgan fingerprint density at radius 1 is 0.833 bits per heavy atom. The zero-order chi connectivity index (χ0) is 12.5. The van der Waals surface area contributed by atoms with Crippen molar-refractivity contribution in [1.29, 1.82) is 0 Å². The van der Waals surface area contributed by atoms with Crippen LogP contribution >= 0.6 is 0 Å². The van der Waals surface area contributed by atoms with Crippen molar-refractivity contribution in [2.75, 3.05) is 13.1 Å². The second-order valence-electron chi connectivity index (χ2n) is 6.70. The predicted molar refractivity (Wildman–Crippen MR) is 75.4 cm³/mol. The van der Waals surface area contributed by atoms with Crippen LogP contribution in [0.5, 0.6) is 0 Å². The fraction of sp³-hybridized carbons (Fsp3) is 1.00. The second-order valence-corrected chi connectivity index (χ2v) is 6.70. The maximum absolute atomic E-state index is 3.82. The molecule has 18 heavy (non-hydrogen) atoms. The minimum absolute atomic E-state index is 0.743. The van der Waals surface area contributed by atoms with E-state index < -0.39 is 0 Å². The van der Waals surface area contributed by atoms with E-state index in [9.17, 15) is 0 Å². The molecule has 3 atom stereocenters. The van der Waals surface area contributed by atoms with E-state index in [1.807, 2.05) is 0 Å². The molecule has 0 amide bonds. The van der Waals surface area contributed by atoms with Gasteiger partial charge in [-0.05, 0) is 52.4 Å². The summed E-state index contributed by atoms with van der Waals surface area (Å²) < 4.78 is 0. The highest BCUT2D eigenvalue weighted by molar-refractivity contribution is 4.89. The lowest BCUT2D eigenvalue weighted by atomic mass is 9.98. The summed E-state index contributed by atoms with van der Waals surface area (Å²) in [4.78, 5) is 0. The van der Waals surface area contributed by atoms with Gasteiger partial charge in [-0.2, -0.15) is 0 Å². The predicted octanol–water partition coefficient (Wildman–Crippen LogP) is 2.38. The molecule has 0 aromatic heterocycles. The first-order valence-corrected chi connectivity index (χ1v) is 8.03. The zero-order valence-electron chi connectivity index (χ0n) is 12.1. The van der Waals surface area contributed by atoms with Crippen molar-refractivity contribution in [3.63, 3.8) is 0 Å². The molecule has 2 aliphatic heterocycles. The van der Waals surface area contributed by atoms with Crippen molar-refractivity contribution < 1.29 is 0 Å². The first kappa shape index (κ1) is 12.9. The number of nitrogens with one attached hydrogen (secondary N) is 1. The third kappa shape index (κ3) is 2.89. The summed E-state index contributed by atoms with van der Waals surface area (Å²) in [6.45, 7) is 7.34. The highest BCUT2D eigenvalue weighted by Gasteiger charge is 2.34. The average molecular weight is 251 g/mol. The first-order valence-electron chi connectivity index (χ1n) is 8.03. The fourth-order valence-electron chi connectivity index (χ4n) is 3.85. The molecule has 3 heteroatoms. The number of hydrazine groups is 1. The second kappa shape index (κ2) is 5.48. The van der Waals surface area contributed by atoms with E-state index in [1.165, 1.54) is 58.0 Å². The fourth-order valence-corrected chi connectivity index (χ4v) is 3.85. The van der Waals surface area contributed by atoms with Crippen LogP contribution in [0.25, 0.3) is 0 Å². The van der Waals surface area contributed by atoms with Gasteiger partial charge in [-0.25, -0.2) is 10.0 Å². The van der Waals surface area contributed by atoms with E-state index in [1.54, 1.807) is 0 Å². The lowest BCUT2D eigenvalue weighted by Crippen LogP contribution is -2.59. The molecule has 1 N–H and O–H groups in total. The maximum atomic E-state index is 3.82. The summed E-state index contributed by atoms with van der Waals surface area (Å²) in [5.74, 6) is 0. The molecule has 0 spiro atoms. The Bertz CT molecular complexity index is 267. The highest BCUT2D eigenvalue weighted by atomic mass is 15.6. The van der Waals surface area contributed by atoms with Gasteiger partial charge in [0.15, 0.2) is 0 Å². The molecule has 0 aromatic rings. The normalized spacial score (nSPS) is 40.0. The lowest BCUT2D eigenvalue weighted by Gasteiger charge is -2.49. The lowest BCUT2D eigenvalue weighted by molar-refractivity contribution is -0.119. The summed E-state index contributed by atoms with van der Waals surface area (Å²) in [5.41, 5.74) is 0. The number of hydrogen-bond acceptors (Lipinski definition) is 3. The Hall–Kier alpha value is -0.120. The van der Waals surface area contributed by atoms with E-state index in [0.29, 0.717) is 0 Å². The van der Waals surface area contributed by atoms with Crippen LogP contribution in [-0.2, 0) is 0 Å². The van der Waals surface area contributed by atoms with Crippen LogP contribution in [0.3, 0.4) is 0 Å². The number of hydrogen-bond donors (Lipinski definition) is 1. The topological polar surface area (TPSA) is 18.5 Å². The Morgan fingerprint density at radius 2 is 1.56 bits per heavy atom. The van der Waals surface area contributed by atoms with Gasteiger partial charge in [0.2, 0.25) is 0 Å². The Labute approximate surface area is 112 Å². The highest BCUT2D eigenvalue weighted by Crippen LogP contribution is 2.27. The van der Waals surface area contributed by atoms with Crippen molar-refractivity contribution >= 4 is 0 Å². The number of piperidine rings is 2. The summed E-state index contributed by atoms with van der Waals surface area (Å²) in [5, 5.41) is 9.19. The molecule has 104 valence electrons. The summed E-state index contributed by atoms with van der Waals surface area (Å²) in [6.07, 6.45) is 9.73. The van der Waals surface area contributed by atoms with E-state index in [2.05, 4.69) is 29.2 Å². The van der Waals surface area contributed by atoms with Crippen LogP contribution in [0.1, 0.15) is 58.8 Å². The Kier molecular flexibility index (Phi) is 3.92. The molecule has 0 radical (unpaired) electrons. The van der Waals surface area contributed by atoms with Crippen molar-refractivity contribution in [1.82, 2.24) is 15.3 Å². The van der Waals surface area contributed by atoms with Crippen LogP contribution in [-0.4, -0.2) is 47.3 Å². The molecule has 3 aliphatic rings. The van der Waals surface area contributed by atoms with Crippen molar-refractivity contribution in [2.45, 2.75) is 83.0 Å². The third-order valence-electron chi connectivity index (χ3n) is 4.92. The van der Waals surface area contributed by atoms with E-state index in [0.717, 1.165) is 24.2 Å². The van der Waals surface area contributed by atoms with Gasteiger partial charge in [0.1, 0.15) is 0 Å². The molecule has 1 saturated carbocycles. The van der Waals surface area contributed by atoms with Crippen LogP contribution in [0.15, 0.2) is 0 Å². The minimum atomic E-state index is 0.743. The molecule has 3 nitrogen and oxygen atoms in total. The first-order chi connectivity index (χ1) is 8.74. The maximum Gasteiger partial charge on any atom is 0.0287 e. The zero-order valence-corrected chi connectivity index (χ0v) is 12.1. The van der Waals surface area contributed by atoms with Gasteiger partial charge in [-0.15, -0.1) is 0 Å². The largest absolute Gasteiger partial charge is 0.310 e.